The minimum absolute atomic E-state index is 0.0000229. The van der Waals surface area contributed by atoms with E-state index in [0.717, 1.165) is 19.3 Å². The molecule has 2 fully saturated rings. The van der Waals surface area contributed by atoms with Crippen molar-refractivity contribution in [3.8, 4) is 11.1 Å². The summed E-state index contributed by atoms with van der Waals surface area (Å²) in [6.07, 6.45) is 4.17. The van der Waals surface area contributed by atoms with Crippen LogP contribution >= 0.6 is 0 Å². The Bertz CT molecular complexity index is 1060. The summed E-state index contributed by atoms with van der Waals surface area (Å²) < 4.78 is 5.60. The van der Waals surface area contributed by atoms with Crippen molar-refractivity contribution >= 4 is 18.0 Å². The number of benzene rings is 2. The predicted octanol–water partition coefficient (Wildman–Crippen LogP) is 4.31. The van der Waals surface area contributed by atoms with E-state index in [9.17, 15) is 19.5 Å². The number of fused-ring (bicyclic) bond motifs is 3. The standard InChI is InChI=1S/C28H32N2O5/c31-26(29-15-17-7-1-2-8-20(17)27(32)33)18-13-19(14-18)30-28(34)35-16-25-23-11-5-3-9-21(23)22-10-4-6-12-24(22)25/h3-6,9-12,17-20,25H,1-2,7-8,13-16H2,(H,29,31)(H,30,34)(H,32,33)/t17-,18?,19?,20-/m1/s1. The highest BCUT2D eigenvalue weighted by Crippen LogP contribution is 2.44. The van der Waals surface area contributed by atoms with Crippen molar-refractivity contribution in [2.24, 2.45) is 17.8 Å². The normalized spacial score (nSPS) is 25.0. The van der Waals surface area contributed by atoms with E-state index in [0.29, 0.717) is 25.8 Å². The average Bonchev–Trinajstić information content (AvgIpc) is 3.17. The third-order valence-electron chi connectivity index (χ3n) is 7.94. The Labute approximate surface area is 205 Å². The van der Waals surface area contributed by atoms with Crippen LogP contribution in [0.25, 0.3) is 11.1 Å². The van der Waals surface area contributed by atoms with E-state index in [4.69, 9.17) is 4.74 Å². The van der Waals surface area contributed by atoms with Crippen LogP contribution in [0.15, 0.2) is 48.5 Å². The molecule has 0 heterocycles. The van der Waals surface area contributed by atoms with Gasteiger partial charge in [-0.05, 0) is 53.9 Å². The van der Waals surface area contributed by atoms with Crippen LogP contribution in [0, 0.1) is 17.8 Å². The van der Waals surface area contributed by atoms with Crippen LogP contribution in [0.5, 0.6) is 0 Å². The van der Waals surface area contributed by atoms with Crippen molar-refractivity contribution in [2.75, 3.05) is 13.2 Å². The van der Waals surface area contributed by atoms with Crippen molar-refractivity contribution in [1.82, 2.24) is 10.6 Å². The summed E-state index contributed by atoms with van der Waals surface area (Å²) in [6, 6.07) is 16.4. The van der Waals surface area contributed by atoms with Gasteiger partial charge in [0.25, 0.3) is 0 Å². The van der Waals surface area contributed by atoms with Crippen molar-refractivity contribution in [3.05, 3.63) is 59.7 Å². The minimum atomic E-state index is -0.764. The quantitative estimate of drug-likeness (QED) is 0.552. The maximum absolute atomic E-state index is 12.5. The van der Waals surface area contributed by atoms with Crippen LogP contribution in [0.3, 0.4) is 0 Å². The van der Waals surface area contributed by atoms with Gasteiger partial charge in [0.2, 0.25) is 5.91 Å². The van der Waals surface area contributed by atoms with E-state index in [1.165, 1.54) is 22.3 Å². The lowest BCUT2D eigenvalue weighted by atomic mass is 9.78. The first-order valence-corrected chi connectivity index (χ1v) is 12.6. The predicted molar refractivity (Wildman–Crippen MR) is 131 cm³/mol. The number of carboxylic acid groups (broad SMARTS) is 1. The SMILES string of the molecule is O=C(NC1CC(C(=O)NC[C@H]2CCCC[C@H]2C(=O)O)C1)OCC1c2ccccc2-c2ccccc21. The van der Waals surface area contributed by atoms with E-state index in [1.807, 2.05) is 24.3 Å². The second-order valence-electron chi connectivity index (χ2n) is 10.1. The van der Waals surface area contributed by atoms with Gasteiger partial charge in [-0.3, -0.25) is 9.59 Å². The van der Waals surface area contributed by atoms with Crippen LogP contribution < -0.4 is 10.6 Å². The van der Waals surface area contributed by atoms with Crippen molar-refractivity contribution in [1.29, 1.82) is 0 Å². The zero-order valence-corrected chi connectivity index (χ0v) is 19.7. The fourth-order valence-corrected chi connectivity index (χ4v) is 5.91. The second kappa shape index (κ2) is 10.1. The van der Waals surface area contributed by atoms with Crippen LogP contribution in [-0.4, -0.2) is 42.3 Å². The van der Waals surface area contributed by atoms with E-state index in [2.05, 4.69) is 34.9 Å². The molecule has 7 heteroatoms. The van der Waals surface area contributed by atoms with Crippen LogP contribution in [0.1, 0.15) is 55.6 Å². The van der Waals surface area contributed by atoms with Gasteiger partial charge in [0.15, 0.2) is 0 Å². The molecular formula is C28H32N2O5. The molecule has 7 nitrogen and oxygen atoms in total. The van der Waals surface area contributed by atoms with Crippen LogP contribution in [-0.2, 0) is 14.3 Å². The summed E-state index contributed by atoms with van der Waals surface area (Å²) in [7, 11) is 0. The molecule has 184 valence electrons. The molecule has 2 aromatic rings. The van der Waals surface area contributed by atoms with Gasteiger partial charge in [0.1, 0.15) is 6.61 Å². The van der Waals surface area contributed by atoms with Crippen molar-refractivity contribution in [3.63, 3.8) is 0 Å². The Morgan fingerprint density at radius 3 is 2.20 bits per heavy atom. The van der Waals surface area contributed by atoms with E-state index < -0.39 is 12.1 Å². The average molecular weight is 477 g/mol. The molecule has 0 aliphatic heterocycles. The number of aliphatic carboxylic acids is 1. The third-order valence-corrected chi connectivity index (χ3v) is 7.94. The first-order chi connectivity index (χ1) is 17.0. The molecule has 3 aliphatic rings. The Balaban J connectivity index is 1.06. The minimum Gasteiger partial charge on any atom is -0.481 e. The van der Waals surface area contributed by atoms with Crippen molar-refractivity contribution in [2.45, 2.75) is 50.5 Å². The van der Waals surface area contributed by atoms with Crippen LogP contribution in [0.4, 0.5) is 4.79 Å². The monoisotopic (exact) mass is 476 g/mol. The molecule has 2 amide bonds. The zero-order chi connectivity index (χ0) is 24.4. The maximum Gasteiger partial charge on any atom is 0.407 e. The molecule has 0 radical (unpaired) electrons. The maximum atomic E-state index is 12.5. The summed E-state index contributed by atoms with van der Waals surface area (Å²) in [4.78, 5) is 36.4. The molecular weight excluding hydrogens is 444 g/mol. The highest BCUT2D eigenvalue weighted by atomic mass is 16.5. The van der Waals surface area contributed by atoms with Gasteiger partial charge in [0.05, 0.1) is 5.92 Å². The Morgan fingerprint density at radius 2 is 1.54 bits per heavy atom. The van der Waals surface area contributed by atoms with Gasteiger partial charge in [-0.2, -0.15) is 0 Å². The van der Waals surface area contributed by atoms with Gasteiger partial charge in [-0.15, -0.1) is 0 Å². The molecule has 0 unspecified atom stereocenters. The van der Waals surface area contributed by atoms with Gasteiger partial charge >= 0.3 is 12.1 Å². The summed E-state index contributed by atoms with van der Waals surface area (Å²) in [5, 5.41) is 15.2. The first kappa shape index (κ1) is 23.4. The lowest BCUT2D eigenvalue weighted by Crippen LogP contribution is -2.50. The fraction of sp³-hybridized carbons (Fsp3) is 0.464. The molecule has 2 saturated carbocycles. The van der Waals surface area contributed by atoms with Gasteiger partial charge in [0, 0.05) is 24.4 Å². The molecule has 0 spiro atoms. The van der Waals surface area contributed by atoms with E-state index >= 15 is 0 Å². The highest BCUT2D eigenvalue weighted by Gasteiger charge is 2.37. The number of ether oxygens (including phenoxy) is 1. The lowest BCUT2D eigenvalue weighted by molar-refractivity contribution is -0.145. The molecule has 5 rings (SSSR count). The summed E-state index contributed by atoms with van der Waals surface area (Å²) in [5.41, 5.74) is 4.72. The Hall–Kier alpha value is -3.35. The highest BCUT2D eigenvalue weighted by molar-refractivity contribution is 5.81. The molecule has 3 aliphatic carbocycles. The molecule has 0 saturated heterocycles. The molecule has 3 N–H and O–H groups in total. The third kappa shape index (κ3) is 4.90. The lowest BCUT2D eigenvalue weighted by Gasteiger charge is -2.35. The van der Waals surface area contributed by atoms with Gasteiger partial charge in [-0.25, -0.2) is 4.79 Å². The number of rotatable bonds is 7. The number of nitrogens with one attached hydrogen (secondary N) is 2. The second-order valence-corrected chi connectivity index (χ2v) is 10.1. The number of carbonyl (C=O) groups is 3. The number of carboxylic acids is 1. The number of hydrogen-bond donors (Lipinski definition) is 3. The summed E-state index contributed by atoms with van der Waals surface area (Å²) >= 11 is 0. The van der Waals surface area contributed by atoms with Gasteiger partial charge in [-0.1, -0.05) is 61.4 Å². The zero-order valence-electron chi connectivity index (χ0n) is 19.7. The smallest absolute Gasteiger partial charge is 0.407 e. The number of alkyl carbamates (subject to hydrolysis) is 1. The Kier molecular flexibility index (Phi) is 6.75. The summed E-state index contributed by atoms with van der Waals surface area (Å²) in [5.74, 6) is -1.32. The fourth-order valence-electron chi connectivity index (χ4n) is 5.91. The topological polar surface area (TPSA) is 105 Å². The molecule has 35 heavy (non-hydrogen) atoms. The first-order valence-electron chi connectivity index (χ1n) is 12.6. The number of hydrogen-bond acceptors (Lipinski definition) is 4. The molecule has 0 aromatic heterocycles. The van der Waals surface area contributed by atoms with E-state index in [1.54, 1.807) is 0 Å². The number of amides is 2. The van der Waals surface area contributed by atoms with E-state index in [-0.39, 0.29) is 42.2 Å². The molecule has 2 atom stereocenters. The molecule has 2 aromatic carbocycles. The largest absolute Gasteiger partial charge is 0.481 e. The van der Waals surface area contributed by atoms with Gasteiger partial charge < -0.3 is 20.5 Å². The number of carbonyl (C=O) groups excluding carboxylic acids is 2. The summed E-state index contributed by atoms with van der Waals surface area (Å²) in [6.45, 7) is 0.680. The Morgan fingerprint density at radius 1 is 0.914 bits per heavy atom. The van der Waals surface area contributed by atoms with Crippen molar-refractivity contribution < 1.29 is 24.2 Å². The molecule has 0 bridgehead atoms. The van der Waals surface area contributed by atoms with Crippen LogP contribution in [0.2, 0.25) is 0 Å².